The van der Waals surface area contributed by atoms with E-state index in [2.05, 4.69) is 25.6 Å². The van der Waals surface area contributed by atoms with Gasteiger partial charge in [0.05, 0.1) is 6.33 Å². The van der Waals surface area contributed by atoms with E-state index in [1.54, 1.807) is 27.0 Å². The first kappa shape index (κ1) is 20.4. The van der Waals surface area contributed by atoms with Gasteiger partial charge in [-0.2, -0.15) is 0 Å². The van der Waals surface area contributed by atoms with Gasteiger partial charge in [0, 0.05) is 42.0 Å². The zero-order chi connectivity index (χ0) is 20.9. The minimum atomic E-state index is -0.770. The number of carbonyl (C=O) groups is 2. The van der Waals surface area contributed by atoms with E-state index in [1.165, 1.54) is 6.33 Å². The Morgan fingerprint density at radius 3 is 2.72 bits per heavy atom. The average Bonchev–Trinajstić information content (AvgIpc) is 3.29. The van der Waals surface area contributed by atoms with Gasteiger partial charge in [-0.15, -0.1) is 0 Å². The molecule has 0 saturated carbocycles. The highest BCUT2D eigenvalue weighted by Gasteiger charge is 2.25. The fourth-order valence-electron chi connectivity index (χ4n) is 3.06. The second-order valence-corrected chi connectivity index (χ2v) is 7.88. The van der Waals surface area contributed by atoms with Crippen LogP contribution in [0.4, 0.5) is 4.79 Å². The first-order chi connectivity index (χ1) is 13.8. The lowest BCUT2D eigenvalue weighted by Gasteiger charge is -2.23. The van der Waals surface area contributed by atoms with Crippen LogP contribution in [0, 0.1) is 0 Å². The van der Waals surface area contributed by atoms with Gasteiger partial charge < -0.3 is 25.3 Å². The molecular weight excluding hydrogens is 370 g/mol. The summed E-state index contributed by atoms with van der Waals surface area (Å²) in [4.78, 5) is 35.1. The fourth-order valence-corrected chi connectivity index (χ4v) is 3.06. The van der Waals surface area contributed by atoms with Gasteiger partial charge in [0.25, 0.3) is 0 Å². The quantitative estimate of drug-likeness (QED) is 0.491. The van der Waals surface area contributed by atoms with Gasteiger partial charge in [-0.05, 0) is 38.8 Å². The molecule has 2 heterocycles. The monoisotopic (exact) mass is 397 g/mol. The third-order valence-electron chi connectivity index (χ3n) is 4.35. The second-order valence-electron chi connectivity index (χ2n) is 7.88. The number of hydrogen-bond acceptors (Lipinski definition) is 4. The highest BCUT2D eigenvalue weighted by Crippen LogP contribution is 2.17. The Hall–Kier alpha value is -3.29. The zero-order valence-electron chi connectivity index (χ0n) is 16.9. The van der Waals surface area contributed by atoms with Crippen LogP contribution in [-0.4, -0.2) is 45.1 Å². The van der Waals surface area contributed by atoms with Crippen molar-refractivity contribution in [3.8, 4) is 0 Å². The molecule has 0 radical (unpaired) electrons. The number of amides is 2. The molecule has 1 atom stereocenters. The number of para-hydroxylation sites is 1. The SMILES string of the molecule is CC(C)(C)OC(=O)N[C@@H](Cc1cnc[nH]1)C(=O)NCCc1c[nH]c2ccccc12. The van der Waals surface area contributed by atoms with Crippen molar-refractivity contribution in [3.63, 3.8) is 0 Å². The fraction of sp³-hybridized carbons (Fsp3) is 0.381. The third kappa shape index (κ3) is 5.84. The summed E-state index contributed by atoms with van der Waals surface area (Å²) in [5.74, 6) is -0.273. The highest BCUT2D eigenvalue weighted by molar-refractivity contribution is 5.86. The summed E-state index contributed by atoms with van der Waals surface area (Å²) in [5, 5.41) is 6.71. The van der Waals surface area contributed by atoms with Crippen LogP contribution in [0.3, 0.4) is 0 Å². The number of nitrogens with zero attached hydrogens (tertiary/aromatic N) is 1. The topological polar surface area (TPSA) is 112 Å². The Kier molecular flexibility index (Phi) is 6.21. The number of imidazole rings is 1. The summed E-state index contributed by atoms with van der Waals surface area (Å²) in [7, 11) is 0. The van der Waals surface area contributed by atoms with E-state index in [0.29, 0.717) is 13.0 Å². The molecule has 3 aromatic rings. The van der Waals surface area contributed by atoms with Crippen LogP contribution in [0.25, 0.3) is 10.9 Å². The van der Waals surface area contributed by atoms with Gasteiger partial charge in [-0.1, -0.05) is 18.2 Å². The maximum Gasteiger partial charge on any atom is 0.408 e. The molecule has 0 bridgehead atoms. The van der Waals surface area contributed by atoms with E-state index >= 15 is 0 Å². The number of benzene rings is 1. The first-order valence-electron chi connectivity index (χ1n) is 9.61. The molecule has 1 aromatic carbocycles. The molecule has 29 heavy (non-hydrogen) atoms. The standard InChI is InChI=1S/C21H27N5O3/c1-21(2,3)29-20(28)26-18(10-15-12-22-13-25-15)19(27)23-9-8-14-11-24-17-7-5-4-6-16(14)17/h4-7,11-13,18,24H,8-10H2,1-3H3,(H,22,25)(H,23,27)(H,26,28)/t18-/m0/s1. The van der Waals surface area contributed by atoms with Crippen molar-refractivity contribution in [1.82, 2.24) is 25.6 Å². The molecule has 4 N–H and O–H groups in total. The number of ether oxygens (including phenoxy) is 1. The molecule has 0 aliphatic rings. The number of aromatic nitrogens is 3. The van der Waals surface area contributed by atoms with E-state index in [9.17, 15) is 9.59 Å². The number of H-pyrrole nitrogens is 2. The molecule has 2 amide bonds. The number of carbonyl (C=O) groups excluding carboxylic acids is 2. The van der Waals surface area contributed by atoms with Crippen LogP contribution in [0.5, 0.6) is 0 Å². The van der Waals surface area contributed by atoms with E-state index in [1.807, 2.05) is 30.5 Å². The van der Waals surface area contributed by atoms with Crippen LogP contribution in [0.1, 0.15) is 32.0 Å². The number of rotatable bonds is 7. The van der Waals surface area contributed by atoms with Crippen molar-refractivity contribution in [3.05, 3.63) is 54.2 Å². The molecule has 0 unspecified atom stereocenters. The van der Waals surface area contributed by atoms with Gasteiger partial charge in [0.15, 0.2) is 0 Å². The summed E-state index contributed by atoms with van der Waals surface area (Å²) < 4.78 is 5.29. The van der Waals surface area contributed by atoms with Crippen LogP contribution in [-0.2, 0) is 22.4 Å². The molecule has 8 nitrogen and oxygen atoms in total. The summed E-state index contributed by atoms with van der Waals surface area (Å²) in [6.45, 7) is 5.78. The van der Waals surface area contributed by atoms with Crippen LogP contribution in [0.15, 0.2) is 43.0 Å². The molecule has 154 valence electrons. The third-order valence-corrected chi connectivity index (χ3v) is 4.35. The molecule has 0 aliphatic carbocycles. The summed E-state index contributed by atoms with van der Waals surface area (Å²) in [5.41, 5.74) is 2.30. The van der Waals surface area contributed by atoms with E-state index in [4.69, 9.17) is 4.74 Å². The Morgan fingerprint density at radius 2 is 2.00 bits per heavy atom. The largest absolute Gasteiger partial charge is 0.444 e. The Morgan fingerprint density at radius 1 is 1.21 bits per heavy atom. The number of hydrogen-bond donors (Lipinski definition) is 4. The van der Waals surface area contributed by atoms with Gasteiger partial charge in [0.1, 0.15) is 11.6 Å². The smallest absolute Gasteiger partial charge is 0.408 e. The minimum Gasteiger partial charge on any atom is -0.444 e. The summed E-state index contributed by atoms with van der Waals surface area (Å²) in [6, 6.07) is 7.26. The zero-order valence-corrected chi connectivity index (χ0v) is 16.9. The van der Waals surface area contributed by atoms with Crippen molar-refractivity contribution in [2.45, 2.75) is 45.3 Å². The lowest BCUT2D eigenvalue weighted by molar-refractivity contribution is -0.123. The van der Waals surface area contributed by atoms with Crippen molar-refractivity contribution in [2.24, 2.45) is 0 Å². The van der Waals surface area contributed by atoms with Crippen molar-refractivity contribution < 1.29 is 14.3 Å². The highest BCUT2D eigenvalue weighted by atomic mass is 16.6. The molecule has 3 rings (SSSR count). The molecule has 0 fully saturated rings. The average molecular weight is 397 g/mol. The number of fused-ring (bicyclic) bond motifs is 1. The van der Waals surface area contributed by atoms with Gasteiger partial charge in [-0.25, -0.2) is 9.78 Å². The molecule has 8 heteroatoms. The van der Waals surface area contributed by atoms with E-state index in [-0.39, 0.29) is 12.3 Å². The Balaban J connectivity index is 1.60. The summed E-state index contributed by atoms with van der Waals surface area (Å²) in [6.07, 6.45) is 5.46. The second kappa shape index (κ2) is 8.81. The van der Waals surface area contributed by atoms with Gasteiger partial charge in [-0.3, -0.25) is 4.79 Å². The normalized spacial score (nSPS) is 12.5. The lowest BCUT2D eigenvalue weighted by atomic mass is 10.1. The van der Waals surface area contributed by atoms with E-state index < -0.39 is 17.7 Å². The van der Waals surface area contributed by atoms with Crippen molar-refractivity contribution in [1.29, 1.82) is 0 Å². The van der Waals surface area contributed by atoms with Crippen molar-refractivity contribution >= 4 is 22.9 Å². The Labute approximate surface area is 169 Å². The maximum atomic E-state index is 12.7. The number of nitrogens with one attached hydrogen (secondary N) is 4. The lowest BCUT2D eigenvalue weighted by Crippen LogP contribution is -2.49. The van der Waals surface area contributed by atoms with Crippen LogP contribution < -0.4 is 10.6 Å². The molecule has 0 aliphatic heterocycles. The van der Waals surface area contributed by atoms with Crippen LogP contribution >= 0.6 is 0 Å². The maximum absolute atomic E-state index is 12.7. The van der Waals surface area contributed by atoms with Gasteiger partial charge >= 0.3 is 6.09 Å². The van der Waals surface area contributed by atoms with Gasteiger partial charge in [0.2, 0.25) is 5.91 Å². The van der Waals surface area contributed by atoms with E-state index in [0.717, 1.165) is 22.2 Å². The first-order valence-corrected chi connectivity index (χ1v) is 9.61. The number of aromatic amines is 2. The number of alkyl carbamates (subject to hydrolysis) is 1. The molecule has 0 spiro atoms. The summed E-state index contributed by atoms with van der Waals surface area (Å²) >= 11 is 0. The van der Waals surface area contributed by atoms with Crippen LogP contribution in [0.2, 0.25) is 0 Å². The molecular formula is C21H27N5O3. The molecule has 2 aromatic heterocycles. The minimum absolute atomic E-state index is 0.273. The molecule has 0 saturated heterocycles. The predicted octanol–water partition coefficient (Wildman–Crippen LogP) is 2.69. The predicted molar refractivity (Wildman–Crippen MR) is 110 cm³/mol. The van der Waals surface area contributed by atoms with Crippen molar-refractivity contribution in [2.75, 3.05) is 6.54 Å². The Bertz CT molecular complexity index is 956.